The van der Waals surface area contributed by atoms with Crippen molar-refractivity contribution in [2.75, 3.05) is 31.1 Å². The molecule has 1 saturated heterocycles. The SMILES string of the molecule is Cc1csc(N2CCCN(C(=O)c3cc4c(s3)CCC4)CC2)n1. The molecule has 0 N–H and O–H groups in total. The summed E-state index contributed by atoms with van der Waals surface area (Å²) >= 11 is 3.42. The van der Waals surface area contributed by atoms with Crippen LogP contribution in [-0.4, -0.2) is 42.0 Å². The molecular formula is C17H21N3OS2. The Kier molecular flexibility index (Phi) is 4.11. The number of anilines is 1. The predicted molar refractivity (Wildman–Crippen MR) is 95.9 cm³/mol. The minimum Gasteiger partial charge on any atom is -0.346 e. The molecular weight excluding hydrogens is 326 g/mol. The highest BCUT2D eigenvalue weighted by Crippen LogP contribution is 2.31. The van der Waals surface area contributed by atoms with Crippen molar-refractivity contribution in [1.82, 2.24) is 9.88 Å². The lowest BCUT2D eigenvalue weighted by Crippen LogP contribution is -2.34. The highest BCUT2D eigenvalue weighted by atomic mass is 32.1. The number of thiazole rings is 1. The van der Waals surface area contributed by atoms with E-state index in [9.17, 15) is 4.79 Å². The van der Waals surface area contributed by atoms with Crippen LogP contribution in [0, 0.1) is 6.92 Å². The maximum absolute atomic E-state index is 12.8. The fourth-order valence-electron chi connectivity index (χ4n) is 3.39. The van der Waals surface area contributed by atoms with E-state index in [1.165, 1.54) is 16.9 Å². The van der Waals surface area contributed by atoms with E-state index in [2.05, 4.69) is 21.3 Å². The molecule has 0 spiro atoms. The third kappa shape index (κ3) is 3.02. The molecule has 2 aliphatic rings. The van der Waals surface area contributed by atoms with Gasteiger partial charge in [0.2, 0.25) is 0 Å². The minimum absolute atomic E-state index is 0.224. The molecule has 0 saturated carbocycles. The van der Waals surface area contributed by atoms with Gasteiger partial charge in [-0.2, -0.15) is 0 Å². The van der Waals surface area contributed by atoms with Gasteiger partial charge in [-0.1, -0.05) is 0 Å². The summed E-state index contributed by atoms with van der Waals surface area (Å²) in [6, 6.07) is 2.14. The van der Waals surface area contributed by atoms with Crippen LogP contribution in [0.4, 0.5) is 5.13 Å². The first-order chi connectivity index (χ1) is 11.2. The second-order valence-electron chi connectivity index (χ2n) is 6.32. The summed E-state index contributed by atoms with van der Waals surface area (Å²) in [5.41, 5.74) is 2.49. The molecule has 2 aromatic rings. The van der Waals surface area contributed by atoms with Gasteiger partial charge >= 0.3 is 0 Å². The van der Waals surface area contributed by atoms with Gasteiger partial charge in [0.1, 0.15) is 0 Å². The summed E-state index contributed by atoms with van der Waals surface area (Å²) in [4.78, 5) is 24.1. The number of fused-ring (bicyclic) bond motifs is 1. The lowest BCUT2D eigenvalue weighted by molar-refractivity contribution is 0.0772. The average molecular weight is 348 g/mol. The van der Waals surface area contributed by atoms with Crippen LogP contribution in [0.25, 0.3) is 0 Å². The molecule has 0 radical (unpaired) electrons. The third-order valence-corrected chi connectivity index (χ3v) is 6.86. The van der Waals surface area contributed by atoms with E-state index >= 15 is 0 Å². The molecule has 1 amide bonds. The molecule has 0 unspecified atom stereocenters. The van der Waals surface area contributed by atoms with Crippen LogP contribution in [0.2, 0.25) is 0 Å². The molecule has 3 heterocycles. The van der Waals surface area contributed by atoms with Gasteiger partial charge in [-0.15, -0.1) is 22.7 Å². The van der Waals surface area contributed by atoms with Gasteiger partial charge in [-0.3, -0.25) is 4.79 Å². The van der Waals surface area contributed by atoms with E-state index in [1.807, 2.05) is 11.8 Å². The summed E-state index contributed by atoms with van der Waals surface area (Å²) in [6.07, 6.45) is 4.57. The number of amides is 1. The number of carbonyl (C=O) groups is 1. The largest absolute Gasteiger partial charge is 0.346 e. The molecule has 6 heteroatoms. The Morgan fingerprint density at radius 1 is 1.17 bits per heavy atom. The molecule has 23 heavy (non-hydrogen) atoms. The molecule has 1 fully saturated rings. The normalized spacial score (nSPS) is 18.1. The fourth-order valence-corrected chi connectivity index (χ4v) is 5.47. The second kappa shape index (κ2) is 6.24. The maximum atomic E-state index is 12.8. The Bertz CT molecular complexity index is 700. The van der Waals surface area contributed by atoms with E-state index in [0.717, 1.165) is 61.1 Å². The lowest BCUT2D eigenvalue weighted by atomic mass is 10.2. The molecule has 2 aromatic heterocycles. The van der Waals surface area contributed by atoms with Crippen LogP contribution in [0.5, 0.6) is 0 Å². The Labute approximate surface area is 144 Å². The van der Waals surface area contributed by atoms with Crippen molar-refractivity contribution in [3.05, 3.63) is 32.5 Å². The minimum atomic E-state index is 0.224. The summed E-state index contributed by atoms with van der Waals surface area (Å²) in [7, 11) is 0. The number of hydrogen-bond donors (Lipinski definition) is 0. The Hall–Kier alpha value is -1.40. The maximum Gasteiger partial charge on any atom is 0.263 e. The van der Waals surface area contributed by atoms with Crippen LogP contribution < -0.4 is 4.90 Å². The standard InChI is InChI=1S/C17H21N3OS2/c1-12-11-22-17(18-12)20-7-3-6-19(8-9-20)16(21)15-10-13-4-2-5-14(13)23-15/h10-11H,2-9H2,1H3. The summed E-state index contributed by atoms with van der Waals surface area (Å²) in [5.74, 6) is 0.224. The van der Waals surface area contributed by atoms with Crippen LogP contribution in [-0.2, 0) is 12.8 Å². The summed E-state index contributed by atoms with van der Waals surface area (Å²) < 4.78 is 0. The van der Waals surface area contributed by atoms with Crippen molar-refractivity contribution in [2.24, 2.45) is 0 Å². The van der Waals surface area contributed by atoms with Crippen molar-refractivity contribution < 1.29 is 4.79 Å². The average Bonchev–Trinajstić information content (AvgIpc) is 3.19. The number of hydrogen-bond acceptors (Lipinski definition) is 5. The molecule has 1 aliphatic heterocycles. The third-order valence-electron chi connectivity index (χ3n) is 4.62. The first-order valence-corrected chi connectivity index (χ1v) is 9.98. The molecule has 0 atom stereocenters. The van der Waals surface area contributed by atoms with Crippen molar-refractivity contribution in [1.29, 1.82) is 0 Å². The number of carbonyl (C=O) groups excluding carboxylic acids is 1. The van der Waals surface area contributed by atoms with Crippen LogP contribution >= 0.6 is 22.7 Å². The van der Waals surface area contributed by atoms with Crippen LogP contribution in [0.15, 0.2) is 11.4 Å². The number of nitrogens with zero attached hydrogens (tertiary/aromatic N) is 3. The first-order valence-electron chi connectivity index (χ1n) is 8.28. The molecule has 122 valence electrons. The number of thiophene rings is 1. The molecule has 0 aromatic carbocycles. The zero-order chi connectivity index (χ0) is 15.8. The first kappa shape index (κ1) is 15.1. The second-order valence-corrected chi connectivity index (χ2v) is 8.29. The van der Waals surface area contributed by atoms with Gasteiger partial charge in [0.15, 0.2) is 5.13 Å². The zero-order valence-corrected chi connectivity index (χ0v) is 15.0. The zero-order valence-electron chi connectivity index (χ0n) is 13.4. The van der Waals surface area contributed by atoms with E-state index in [4.69, 9.17) is 0 Å². The van der Waals surface area contributed by atoms with Crippen LogP contribution in [0.3, 0.4) is 0 Å². The Balaban J connectivity index is 1.44. The van der Waals surface area contributed by atoms with E-state index in [0.29, 0.717) is 0 Å². The molecule has 4 rings (SSSR count). The van der Waals surface area contributed by atoms with Gasteiger partial charge in [-0.25, -0.2) is 4.98 Å². The van der Waals surface area contributed by atoms with Crippen LogP contribution in [0.1, 0.15) is 38.6 Å². The quantitative estimate of drug-likeness (QED) is 0.836. The predicted octanol–water partition coefficient (Wildman–Crippen LogP) is 3.35. The molecule has 0 bridgehead atoms. The highest BCUT2D eigenvalue weighted by Gasteiger charge is 2.25. The smallest absolute Gasteiger partial charge is 0.263 e. The van der Waals surface area contributed by atoms with Crippen molar-refractivity contribution in [2.45, 2.75) is 32.6 Å². The lowest BCUT2D eigenvalue weighted by Gasteiger charge is -2.21. The Morgan fingerprint density at radius 2 is 2.09 bits per heavy atom. The number of aryl methyl sites for hydroxylation is 3. The van der Waals surface area contributed by atoms with Crippen molar-refractivity contribution >= 4 is 33.7 Å². The number of aromatic nitrogens is 1. The van der Waals surface area contributed by atoms with E-state index in [1.54, 1.807) is 22.7 Å². The van der Waals surface area contributed by atoms with E-state index in [-0.39, 0.29) is 5.91 Å². The van der Waals surface area contributed by atoms with Crippen molar-refractivity contribution in [3.63, 3.8) is 0 Å². The highest BCUT2D eigenvalue weighted by molar-refractivity contribution is 7.14. The summed E-state index contributed by atoms with van der Waals surface area (Å²) in [5, 5.41) is 3.18. The van der Waals surface area contributed by atoms with Gasteiger partial charge in [0.25, 0.3) is 5.91 Å². The van der Waals surface area contributed by atoms with Gasteiger partial charge < -0.3 is 9.80 Å². The fraction of sp³-hybridized carbons (Fsp3) is 0.529. The van der Waals surface area contributed by atoms with Gasteiger partial charge in [0.05, 0.1) is 10.6 Å². The van der Waals surface area contributed by atoms with Gasteiger partial charge in [-0.05, 0) is 44.2 Å². The summed E-state index contributed by atoms with van der Waals surface area (Å²) in [6.45, 7) is 5.54. The monoisotopic (exact) mass is 347 g/mol. The van der Waals surface area contributed by atoms with Gasteiger partial charge in [0, 0.05) is 36.4 Å². The van der Waals surface area contributed by atoms with E-state index < -0.39 is 0 Å². The number of rotatable bonds is 2. The molecule has 4 nitrogen and oxygen atoms in total. The molecule has 1 aliphatic carbocycles. The topological polar surface area (TPSA) is 36.4 Å². The Morgan fingerprint density at radius 3 is 2.87 bits per heavy atom. The van der Waals surface area contributed by atoms with Crippen molar-refractivity contribution in [3.8, 4) is 0 Å².